The van der Waals surface area contributed by atoms with Crippen molar-refractivity contribution in [1.82, 2.24) is 9.97 Å². The molecule has 0 aliphatic rings. The zero-order valence-electron chi connectivity index (χ0n) is 8.53. The molecule has 0 saturated carbocycles. The van der Waals surface area contributed by atoms with Gasteiger partial charge in [0, 0.05) is 12.5 Å². The molecule has 1 atom stereocenters. The van der Waals surface area contributed by atoms with E-state index in [0.717, 1.165) is 16.6 Å². The minimum absolute atomic E-state index is 0.104. The highest BCUT2D eigenvalue weighted by atomic mass is 16.1. The molecule has 0 aliphatic heterocycles. The number of rotatable bonds is 3. The number of imidazole rings is 1. The van der Waals surface area contributed by atoms with Crippen molar-refractivity contribution in [2.24, 2.45) is 5.73 Å². The van der Waals surface area contributed by atoms with E-state index >= 15 is 0 Å². The van der Waals surface area contributed by atoms with Crippen molar-refractivity contribution in [1.29, 1.82) is 0 Å². The molecule has 1 heterocycles. The number of hydrogen-bond acceptors (Lipinski definition) is 3. The number of carbonyl (C=O) groups is 1. The smallest absolute Gasteiger partial charge is 0.131 e. The molecule has 1 unspecified atom stereocenters. The maximum absolute atomic E-state index is 10.9. The molecule has 0 radical (unpaired) electrons. The number of nitrogens with zero attached hydrogens (tertiary/aromatic N) is 1. The Bertz CT molecular complexity index is 489. The van der Waals surface area contributed by atoms with Crippen molar-refractivity contribution in [3.63, 3.8) is 0 Å². The molecule has 0 fully saturated rings. The fraction of sp³-hybridized carbons (Fsp3) is 0.273. The van der Waals surface area contributed by atoms with Gasteiger partial charge in [0.1, 0.15) is 5.78 Å². The van der Waals surface area contributed by atoms with Gasteiger partial charge in [0.2, 0.25) is 0 Å². The SMILES string of the molecule is CC(=O)CC(N)c1ccc2nc[nH]c2c1. The highest BCUT2D eigenvalue weighted by molar-refractivity contribution is 5.78. The zero-order valence-corrected chi connectivity index (χ0v) is 8.53. The Balaban J connectivity index is 2.30. The minimum atomic E-state index is -0.227. The van der Waals surface area contributed by atoms with Gasteiger partial charge in [-0.05, 0) is 24.6 Å². The molecule has 0 bridgehead atoms. The van der Waals surface area contributed by atoms with Gasteiger partial charge in [-0.3, -0.25) is 4.79 Å². The standard InChI is InChI=1S/C11H13N3O/c1-7(15)4-9(12)8-2-3-10-11(5-8)14-6-13-10/h2-3,5-6,9H,4,12H2,1H3,(H,13,14). The van der Waals surface area contributed by atoms with E-state index in [9.17, 15) is 4.79 Å². The fourth-order valence-electron chi connectivity index (χ4n) is 1.61. The van der Waals surface area contributed by atoms with E-state index in [1.165, 1.54) is 0 Å². The van der Waals surface area contributed by atoms with E-state index in [1.807, 2.05) is 18.2 Å². The van der Waals surface area contributed by atoms with Gasteiger partial charge in [-0.2, -0.15) is 0 Å². The van der Waals surface area contributed by atoms with E-state index in [2.05, 4.69) is 9.97 Å². The molecule has 0 spiro atoms. The molecule has 2 aromatic rings. The van der Waals surface area contributed by atoms with Crippen molar-refractivity contribution in [3.05, 3.63) is 30.1 Å². The molecule has 0 aliphatic carbocycles. The number of hydrogen-bond donors (Lipinski definition) is 2. The second-order valence-corrected chi connectivity index (χ2v) is 3.69. The van der Waals surface area contributed by atoms with Gasteiger partial charge >= 0.3 is 0 Å². The summed E-state index contributed by atoms with van der Waals surface area (Å²) >= 11 is 0. The van der Waals surface area contributed by atoms with Gasteiger partial charge in [-0.25, -0.2) is 4.98 Å². The highest BCUT2D eigenvalue weighted by Gasteiger charge is 2.09. The van der Waals surface area contributed by atoms with Crippen molar-refractivity contribution in [3.8, 4) is 0 Å². The molecule has 3 N–H and O–H groups in total. The Hall–Kier alpha value is -1.68. The summed E-state index contributed by atoms with van der Waals surface area (Å²) in [6.45, 7) is 1.55. The average Bonchev–Trinajstić information content (AvgIpc) is 2.62. The molecular formula is C11H13N3O. The number of H-pyrrole nitrogens is 1. The molecule has 2 rings (SSSR count). The third kappa shape index (κ3) is 2.05. The summed E-state index contributed by atoms with van der Waals surface area (Å²) in [5.74, 6) is 0.104. The number of nitrogens with two attached hydrogens (primary N) is 1. The number of carbonyl (C=O) groups excluding carboxylic acids is 1. The largest absolute Gasteiger partial charge is 0.345 e. The monoisotopic (exact) mass is 203 g/mol. The number of Topliss-reactive ketones (excluding diaryl/α,β-unsaturated/α-hetero) is 1. The van der Waals surface area contributed by atoms with Crippen LogP contribution in [0.25, 0.3) is 11.0 Å². The second-order valence-electron chi connectivity index (χ2n) is 3.69. The maximum Gasteiger partial charge on any atom is 0.131 e. The molecule has 0 amide bonds. The number of benzene rings is 1. The molecule has 0 saturated heterocycles. The molecule has 1 aromatic carbocycles. The molecule has 1 aromatic heterocycles. The van der Waals surface area contributed by atoms with Gasteiger partial charge < -0.3 is 10.7 Å². The van der Waals surface area contributed by atoms with Crippen LogP contribution in [-0.2, 0) is 4.79 Å². The molecule has 4 heteroatoms. The normalized spacial score (nSPS) is 12.9. The quantitative estimate of drug-likeness (QED) is 0.794. The second kappa shape index (κ2) is 3.82. The highest BCUT2D eigenvalue weighted by Crippen LogP contribution is 2.18. The van der Waals surface area contributed by atoms with Crippen molar-refractivity contribution in [2.75, 3.05) is 0 Å². The first-order valence-corrected chi connectivity index (χ1v) is 4.85. The topological polar surface area (TPSA) is 71.8 Å². The lowest BCUT2D eigenvalue weighted by Gasteiger charge is -2.09. The van der Waals surface area contributed by atoms with E-state index < -0.39 is 0 Å². The summed E-state index contributed by atoms with van der Waals surface area (Å²) in [5, 5.41) is 0. The Morgan fingerprint density at radius 3 is 3.13 bits per heavy atom. The van der Waals surface area contributed by atoms with E-state index in [1.54, 1.807) is 13.3 Å². The summed E-state index contributed by atoms with van der Waals surface area (Å²) in [5.41, 5.74) is 8.72. The van der Waals surface area contributed by atoms with Crippen LogP contribution in [0.3, 0.4) is 0 Å². The summed E-state index contributed by atoms with van der Waals surface area (Å²) in [4.78, 5) is 18.1. The number of fused-ring (bicyclic) bond motifs is 1. The van der Waals surface area contributed by atoms with E-state index in [4.69, 9.17) is 5.73 Å². The van der Waals surface area contributed by atoms with E-state index in [-0.39, 0.29) is 11.8 Å². The Labute approximate surface area is 87.5 Å². The summed E-state index contributed by atoms with van der Waals surface area (Å²) in [7, 11) is 0. The van der Waals surface area contributed by atoms with Crippen LogP contribution < -0.4 is 5.73 Å². The van der Waals surface area contributed by atoms with Gasteiger partial charge in [0.05, 0.1) is 17.4 Å². The van der Waals surface area contributed by atoms with Crippen LogP contribution in [0.5, 0.6) is 0 Å². The van der Waals surface area contributed by atoms with Gasteiger partial charge in [0.15, 0.2) is 0 Å². The number of ketones is 1. The number of nitrogens with one attached hydrogen (secondary N) is 1. The van der Waals surface area contributed by atoms with Crippen molar-refractivity contribution < 1.29 is 4.79 Å². The van der Waals surface area contributed by atoms with Crippen molar-refractivity contribution in [2.45, 2.75) is 19.4 Å². The number of aromatic nitrogens is 2. The lowest BCUT2D eigenvalue weighted by Crippen LogP contribution is -2.13. The Morgan fingerprint density at radius 2 is 2.40 bits per heavy atom. The summed E-state index contributed by atoms with van der Waals surface area (Å²) in [6.07, 6.45) is 2.02. The molecule has 15 heavy (non-hydrogen) atoms. The van der Waals surface area contributed by atoms with Crippen LogP contribution in [0.15, 0.2) is 24.5 Å². The zero-order chi connectivity index (χ0) is 10.8. The van der Waals surface area contributed by atoms with Crippen LogP contribution in [-0.4, -0.2) is 15.8 Å². The van der Waals surface area contributed by atoms with Gasteiger partial charge in [-0.15, -0.1) is 0 Å². The fourth-order valence-corrected chi connectivity index (χ4v) is 1.61. The van der Waals surface area contributed by atoms with Crippen LogP contribution >= 0.6 is 0 Å². The van der Waals surface area contributed by atoms with Crippen LogP contribution in [0.1, 0.15) is 24.9 Å². The lowest BCUT2D eigenvalue weighted by atomic mass is 10.0. The maximum atomic E-state index is 10.9. The first kappa shape index (κ1) is 9.86. The molecular weight excluding hydrogens is 190 g/mol. The van der Waals surface area contributed by atoms with Crippen LogP contribution in [0.2, 0.25) is 0 Å². The predicted molar refractivity (Wildman–Crippen MR) is 58.3 cm³/mol. The average molecular weight is 203 g/mol. The predicted octanol–water partition coefficient (Wildman–Crippen LogP) is 1.54. The van der Waals surface area contributed by atoms with Gasteiger partial charge in [-0.1, -0.05) is 6.07 Å². The third-order valence-electron chi connectivity index (χ3n) is 2.38. The van der Waals surface area contributed by atoms with Crippen LogP contribution in [0, 0.1) is 0 Å². The molecule has 4 nitrogen and oxygen atoms in total. The number of aromatic amines is 1. The first-order chi connectivity index (χ1) is 7.16. The summed E-state index contributed by atoms with van der Waals surface area (Å²) < 4.78 is 0. The van der Waals surface area contributed by atoms with Gasteiger partial charge in [0.25, 0.3) is 0 Å². The third-order valence-corrected chi connectivity index (χ3v) is 2.38. The first-order valence-electron chi connectivity index (χ1n) is 4.85. The Morgan fingerprint density at radius 1 is 1.60 bits per heavy atom. The van der Waals surface area contributed by atoms with Crippen molar-refractivity contribution >= 4 is 16.8 Å². The lowest BCUT2D eigenvalue weighted by molar-refractivity contribution is -0.117. The van der Waals surface area contributed by atoms with Crippen LogP contribution in [0.4, 0.5) is 0 Å². The van der Waals surface area contributed by atoms with E-state index in [0.29, 0.717) is 6.42 Å². The Kier molecular flexibility index (Phi) is 2.51. The minimum Gasteiger partial charge on any atom is -0.345 e. The summed E-state index contributed by atoms with van der Waals surface area (Å²) in [6, 6.07) is 5.53. The molecule has 78 valence electrons.